The summed E-state index contributed by atoms with van der Waals surface area (Å²) in [7, 11) is 0. The minimum absolute atomic E-state index is 0.0920. The zero-order valence-electron chi connectivity index (χ0n) is 21.7. The smallest absolute Gasteiger partial charge is 0.222 e. The standard InChI is InChI=1S/C32H36N3O/c1-8-29-27-12-10-9-11-26(27)28-14-13-25-18-33-23(7)36-22(6)31(25)30-17-24(20(4)19(2)3)15-16-35(30)21(5)32(28)34-29/h8-12,15-17,19-20,28,32-33H,1,5-7,13-14,18H2,2-4H3/q+1. The van der Waals surface area contributed by atoms with Crippen LogP contribution in [0.25, 0.3) is 11.3 Å². The van der Waals surface area contributed by atoms with Crippen LogP contribution in [0.15, 0.2) is 97.2 Å². The van der Waals surface area contributed by atoms with Crippen molar-refractivity contribution < 1.29 is 9.30 Å². The van der Waals surface area contributed by atoms with Crippen LogP contribution >= 0.6 is 0 Å². The van der Waals surface area contributed by atoms with Gasteiger partial charge in [-0.25, -0.2) is 0 Å². The summed E-state index contributed by atoms with van der Waals surface area (Å²) in [4.78, 5) is 5.22. The molecular formula is C32H36N3O+. The Balaban J connectivity index is 1.75. The highest BCUT2D eigenvalue weighted by atomic mass is 16.5. The molecule has 0 bridgehead atoms. The minimum Gasteiger partial charge on any atom is -0.442 e. The lowest BCUT2D eigenvalue weighted by molar-refractivity contribution is -0.586. The van der Waals surface area contributed by atoms with Crippen molar-refractivity contribution in [2.24, 2.45) is 10.9 Å². The van der Waals surface area contributed by atoms with Crippen LogP contribution in [0.1, 0.15) is 67.8 Å². The molecule has 3 aliphatic heterocycles. The molecule has 3 aliphatic rings. The van der Waals surface area contributed by atoms with E-state index in [2.05, 4.69) is 99.6 Å². The maximum absolute atomic E-state index is 6.03. The van der Waals surface area contributed by atoms with Gasteiger partial charge in [-0.1, -0.05) is 58.2 Å². The van der Waals surface area contributed by atoms with E-state index in [1.54, 1.807) is 0 Å². The number of allylic oxidation sites excluding steroid dienone is 2. The monoisotopic (exact) mass is 478 g/mol. The molecule has 1 aromatic carbocycles. The molecule has 3 unspecified atom stereocenters. The van der Waals surface area contributed by atoms with E-state index in [-0.39, 0.29) is 12.0 Å². The summed E-state index contributed by atoms with van der Waals surface area (Å²) >= 11 is 0. The first-order valence-corrected chi connectivity index (χ1v) is 12.9. The summed E-state index contributed by atoms with van der Waals surface area (Å²) in [6.45, 7) is 24.5. The molecule has 4 heterocycles. The van der Waals surface area contributed by atoms with Gasteiger partial charge in [-0.3, -0.25) is 4.99 Å². The first kappa shape index (κ1) is 24.1. The number of rotatable bonds is 3. The number of aromatic nitrogens is 1. The molecule has 5 rings (SSSR count). The normalized spacial score (nSPS) is 22.3. The number of nitrogens with zero attached hydrogens (tertiary/aromatic N) is 2. The second-order valence-corrected chi connectivity index (χ2v) is 10.4. The Morgan fingerprint density at radius 3 is 2.67 bits per heavy atom. The van der Waals surface area contributed by atoms with Gasteiger partial charge in [0.25, 0.3) is 0 Å². The molecule has 2 aromatic rings. The Bertz CT molecular complexity index is 1340. The van der Waals surface area contributed by atoms with Crippen molar-refractivity contribution in [2.45, 2.75) is 51.5 Å². The Hall–Kier alpha value is -3.66. The van der Waals surface area contributed by atoms with Gasteiger partial charge >= 0.3 is 0 Å². The molecule has 0 fully saturated rings. The molecule has 0 saturated carbocycles. The topological polar surface area (TPSA) is 37.5 Å². The summed E-state index contributed by atoms with van der Waals surface area (Å²) in [5.74, 6) is 2.29. The second kappa shape index (κ2) is 9.42. The minimum atomic E-state index is -0.0920. The van der Waals surface area contributed by atoms with Crippen LogP contribution in [0.4, 0.5) is 0 Å². The molecule has 4 nitrogen and oxygen atoms in total. The molecule has 184 valence electrons. The fourth-order valence-corrected chi connectivity index (χ4v) is 5.68. The van der Waals surface area contributed by atoms with E-state index in [1.165, 1.54) is 22.3 Å². The average molecular weight is 479 g/mol. The number of hydrogen-bond acceptors (Lipinski definition) is 3. The summed E-state index contributed by atoms with van der Waals surface area (Å²) in [6, 6.07) is 13.0. The number of ether oxygens (including phenoxy) is 1. The van der Waals surface area contributed by atoms with Crippen molar-refractivity contribution in [1.82, 2.24) is 5.32 Å². The molecule has 0 radical (unpaired) electrons. The van der Waals surface area contributed by atoms with Crippen LogP contribution in [0.3, 0.4) is 0 Å². The quantitative estimate of drug-likeness (QED) is 0.512. The van der Waals surface area contributed by atoms with Crippen molar-refractivity contribution in [3.8, 4) is 0 Å². The lowest BCUT2D eigenvalue weighted by Crippen LogP contribution is -2.43. The molecule has 0 aliphatic carbocycles. The van der Waals surface area contributed by atoms with Gasteiger partial charge in [-0.05, 0) is 60.6 Å². The molecule has 1 N–H and O–H groups in total. The maximum atomic E-state index is 6.03. The van der Waals surface area contributed by atoms with Gasteiger partial charge in [0, 0.05) is 30.2 Å². The van der Waals surface area contributed by atoms with Gasteiger partial charge in [-0.15, -0.1) is 0 Å². The van der Waals surface area contributed by atoms with Crippen molar-refractivity contribution in [2.75, 3.05) is 6.54 Å². The fraction of sp³-hybridized carbons (Fsp3) is 0.312. The van der Waals surface area contributed by atoms with Crippen molar-refractivity contribution in [3.63, 3.8) is 0 Å². The SMILES string of the molecule is C=CC1=NC2C(=C)[n+]3ccc(C(C)C(C)C)cc3C3=C(CCC2c2ccccc21)CNC(=C)OC3=C. The van der Waals surface area contributed by atoms with E-state index in [0.717, 1.165) is 35.5 Å². The van der Waals surface area contributed by atoms with Gasteiger partial charge in [0.15, 0.2) is 12.1 Å². The first-order valence-electron chi connectivity index (χ1n) is 12.9. The summed E-state index contributed by atoms with van der Waals surface area (Å²) in [5, 5.41) is 3.34. The number of hydrogen-bond donors (Lipinski definition) is 1. The third kappa shape index (κ3) is 4.05. The lowest BCUT2D eigenvalue weighted by atomic mass is 9.79. The fourth-order valence-electron chi connectivity index (χ4n) is 5.68. The molecule has 36 heavy (non-hydrogen) atoms. The zero-order valence-corrected chi connectivity index (χ0v) is 21.7. The third-order valence-corrected chi connectivity index (χ3v) is 8.04. The van der Waals surface area contributed by atoms with Crippen molar-refractivity contribution in [1.29, 1.82) is 0 Å². The summed E-state index contributed by atoms with van der Waals surface area (Å²) < 4.78 is 8.23. The van der Waals surface area contributed by atoms with Gasteiger partial charge in [-0.2, -0.15) is 4.57 Å². The van der Waals surface area contributed by atoms with E-state index < -0.39 is 0 Å². The highest BCUT2D eigenvalue weighted by molar-refractivity contribution is 6.10. The Kier molecular flexibility index (Phi) is 6.29. The van der Waals surface area contributed by atoms with Gasteiger partial charge < -0.3 is 10.1 Å². The van der Waals surface area contributed by atoms with Crippen LogP contribution in [0.2, 0.25) is 0 Å². The van der Waals surface area contributed by atoms with Crippen molar-refractivity contribution in [3.05, 3.63) is 115 Å². The van der Waals surface area contributed by atoms with Gasteiger partial charge in [0.2, 0.25) is 11.4 Å². The van der Waals surface area contributed by atoms with E-state index in [1.807, 2.05) is 6.08 Å². The molecule has 3 atom stereocenters. The van der Waals surface area contributed by atoms with Gasteiger partial charge in [0.1, 0.15) is 11.8 Å². The molecule has 0 saturated heterocycles. The molecular weight excluding hydrogens is 442 g/mol. The van der Waals surface area contributed by atoms with E-state index in [0.29, 0.717) is 30.0 Å². The number of nitrogens with one attached hydrogen (secondary N) is 1. The second-order valence-electron chi connectivity index (χ2n) is 10.4. The van der Waals surface area contributed by atoms with E-state index >= 15 is 0 Å². The number of pyridine rings is 1. The molecule has 4 heteroatoms. The predicted molar refractivity (Wildman–Crippen MR) is 148 cm³/mol. The van der Waals surface area contributed by atoms with Gasteiger partial charge in [0.05, 0.1) is 11.3 Å². The largest absolute Gasteiger partial charge is 0.442 e. The van der Waals surface area contributed by atoms with Crippen LogP contribution in [0, 0.1) is 5.92 Å². The Morgan fingerprint density at radius 1 is 1.14 bits per heavy atom. The highest BCUT2D eigenvalue weighted by Gasteiger charge is 2.40. The van der Waals surface area contributed by atoms with Crippen LogP contribution in [-0.4, -0.2) is 18.3 Å². The van der Waals surface area contributed by atoms with E-state index in [9.17, 15) is 0 Å². The van der Waals surface area contributed by atoms with Crippen molar-refractivity contribution >= 4 is 17.0 Å². The predicted octanol–water partition coefficient (Wildman–Crippen LogP) is 6.50. The molecule has 0 amide bonds. The van der Waals surface area contributed by atoms with Crippen LogP contribution in [-0.2, 0) is 4.74 Å². The summed E-state index contributed by atoms with van der Waals surface area (Å²) in [6.07, 6.45) is 5.86. The van der Waals surface area contributed by atoms with E-state index in [4.69, 9.17) is 9.73 Å². The average Bonchev–Trinajstić information content (AvgIpc) is 2.99. The lowest BCUT2D eigenvalue weighted by Gasteiger charge is -2.30. The zero-order chi connectivity index (χ0) is 25.6. The Morgan fingerprint density at radius 2 is 1.92 bits per heavy atom. The Labute approximate surface area is 215 Å². The highest BCUT2D eigenvalue weighted by Crippen LogP contribution is 2.42. The van der Waals surface area contributed by atoms with Crippen LogP contribution < -0.4 is 9.88 Å². The van der Waals surface area contributed by atoms with Crippen LogP contribution in [0.5, 0.6) is 0 Å². The molecule has 0 spiro atoms. The first-order chi connectivity index (χ1) is 17.3. The number of benzene rings is 1. The number of aliphatic imine (C=N–C) groups is 1. The third-order valence-electron chi connectivity index (χ3n) is 8.04. The maximum Gasteiger partial charge on any atom is 0.222 e. The summed E-state index contributed by atoms with van der Waals surface area (Å²) in [5.41, 5.74) is 9.01. The number of fused-ring (bicyclic) bond motifs is 5. The molecule has 1 aromatic heterocycles.